The van der Waals surface area contributed by atoms with Crippen LogP contribution in [-0.2, 0) is 44.7 Å². The van der Waals surface area contributed by atoms with Gasteiger partial charge in [0.25, 0.3) is 0 Å². The number of hydrogen-bond donors (Lipinski definition) is 3. The third-order valence-corrected chi connectivity index (χ3v) is 8.42. The van der Waals surface area contributed by atoms with Crippen molar-refractivity contribution in [3.8, 4) is 10.4 Å². The number of aromatic nitrogens is 1. The molecule has 3 amide bonds. The Morgan fingerprint density at radius 3 is 2.22 bits per heavy atom. The van der Waals surface area contributed by atoms with E-state index in [0.29, 0.717) is 26.4 Å². The zero-order valence-corrected chi connectivity index (χ0v) is 28.8. The number of nitrogens with one attached hydrogen (secondary N) is 2. The van der Waals surface area contributed by atoms with Crippen LogP contribution in [-0.4, -0.2) is 111 Å². The Hall–Kier alpha value is -3.64. The Bertz CT molecular complexity index is 1400. The molecule has 1 saturated heterocycles. The van der Waals surface area contributed by atoms with Gasteiger partial charge in [0.1, 0.15) is 24.8 Å². The molecule has 1 fully saturated rings. The number of carbonyl (C=O) groups excluding carboxylic acids is 4. The highest BCUT2D eigenvalue weighted by Gasteiger charge is 2.49. The number of aryl methyl sites for hydroxylation is 1. The molecule has 2 heterocycles. The van der Waals surface area contributed by atoms with E-state index in [1.807, 2.05) is 31.2 Å². The number of carbonyl (C=O) groups is 4. The lowest BCUT2D eigenvalue weighted by Gasteiger charge is -2.35. The standard InChI is InChI=1S/C32H44F3N5O8S/c1-20-26(49-19-38-20)22-7-5-21(6-8-22)16-37-28(42)24-15-23(48-30(44)32(33,34)35)17-40(24)29(43)27(31(2,3)4)39-25(41)18-47-14-13-46-12-11-45-10-9-36/h5-8,19,23-24,27H,9-18,36H2,1-4H3,(H,37,42)(H,39,41)/t23-,24+,27-/m0/s1. The maximum atomic E-state index is 13.9. The van der Waals surface area contributed by atoms with E-state index in [9.17, 15) is 32.3 Å². The molecule has 4 N–H and O–H groups in total. The van der Waals surface area contributed by atoms with Crippen molar-refractivity contribution in [2.75, 3.05) is 52.7 Å². The van der Waals surface area contributed by atoms with Crippen LogP contribution in [0.2, 0.25) is 0 Å². The van der Waals surface area contributed by atoms with Crippen LogP contribution in [0.25, 0.3) is 10.4 Å². The van der Waals surface area contributed by atoms with Crippen LogP contribution in [0.15, 0.2) is 29.8 Å². The first-order chi connectivity index (χ1) is 23.1. The first-order valence-corrected chi connectivity index (χ1v) is 16.6. The molecule has 3 rings (SSSR count). The predicted molar refractivity (Wildman–Crippen MR) is 173 cm³/mol. The summed E-state index contributed by atoms with van der Waals surface area (Å²) in [5.74, 6) is -4.43. The molecule has 17 heteroatoms. The zero-order valence-electron chi connectivity index (χ0n) is 28.0. The van der Waals surface area contributed by atoms with E-state index in [-0.39, 0.29) is 26.2 Å². The van der Waals surface area contributed by atoms with Crippen molar-refractivity contribution in [3.63, 3.8) is 0 Å². The quantitative estimate of drug-likeness (QED) is 0.163. The van der Waals surface area contributed by atoms with Crippen molar-refractivity contribution >= 4 is 35.0 Å². The van der Waals surface area contributed by atoms with Gasteiger partial charge >= 0.3 is 12.1 Å². The molecule has 1 aromatic heterocycles. The van der Waals surface area contributed by atoms with E-state index < -0.39 is 66.6 Å². The predicted octanol–water partition coefficient (Wildman–Crippen LogP) is 2.35. The average Bonchev–Trinajstić information content (AvgIpc) is 3.67. The van der Waals surface area contributed by atoms with Crippen molar-refractivity contribution < 1.29 is 51.3 Å². The van der Waals surface area contributed by atoms with Crippen LogP contribution in [0.3, 0.4) is 0 Å². The van der Waals surface area contributed by atoms with Crippen molar-refractivity contribution in [2.24, 2.45) is 11.1 Å². The molecule has 0 aliphatic carbocycles. The fourth-order valence-electron chi connectivity index (χ4n) is 4.96. The Labute approximate surface area is 287 Å². The van der Waals surface area contributed by atoms with Crippen molar-refractivity contribution in [3.05, 3.63) is 41.0 Å². The summed E-state index contributed by atoms with van der Waals surface area (Å²) in [5.41, 5.74) is 8.78. The second-order valence-electron chi connectivity index (χ2n) is 12.4. The van der Waals surface area contributed by atoms with Gasteiger partial charge in [-0.2, -0.15) is 13.2 Å². The molecule has 1 aliphatic heterocycles. The lowest BCUT2D eigenvalue weighted by Crippen LogP contribution is -2.58. The number of nitrogens with zero attached hydrogens (tertiary/aromatic N) is 2. The Morgan fingerprint density at radius 1 is 1.02 bits per heavy atom. The van der Waals surface area contributed by atoms with Gasteiger partial charge < -0.3 is 40.2 Å². The summed E-state index contributed by atoms with van der Waals surface area (Å²) in [6.45, 7) is 7.91. The fourth-order valence-corrected chi connectivity index (χ4v) is 5.77. The molecular weight excluding hydrogens is 671 g/mol. The van der Waals surface area contributed by atoms with E-state index in [2.05, 4.69) is 20.4 Å². The molecule has 0 unspecified atom stereocenters. The van der Waals surface area contributed by atoms with Gasteiger partial charge in [0.05, 0.1) is 55.7 Å². The van der Waals surface area contributed by atoms with E-state index >= 15 is 0 Å². The Kier molecular flexibility index (Phi) is 14.9. The first kappa shape index (κ1) is 39.8. The highest BCUT2D eigenvalue weighted by atomic mass is 32.1. The summed E-state index contributed by atoms with van der Waals surface area (Å²) < 4.78 is 59.6. The summed E-state index contributed by atoms with van der Waals surface area (Å²) in [6.07, 6.45) is -7.03. The van der Waals surface area contributed by atoms with E-state index in [4.69, 9.17) is 19.9 Å². The second kappa shape index (κ2) is 18.4. The number of halogens is 3. The number of thiazole rings is 1. The van der Waals surface area contributed by atoms with Gasteiger partial charge in [0.15, 0.2) is 0 Å². The van der Waals surface area contributed by atoms with Gasteiger partial charge in [0.2, 0.25) is 17.7 Å². The van der Waals surface area contributed by atoms with Crippen LogP contribution in [0, 0.1) is 12.3 Å². The third-order valence-electron chi connectivity index (χ3n) is 7.44. The van der Waals surface area contributed by atoms with Gasteiger partial charge in [-0.15, -0.1) is 11.3 Å². The number of nitrogens with two attached hydrogens (primary N) is 1. The fraction of sp³-hybridized carbons (Fsp3) is 0.594. The van der Waals surface area contributed by atoms with Crippen LogP contribution in [0.5, 0.6) is 0 Å². The van der Waals surface area contributed by atoms with Crippen LogP contribution in [0.4, 0.5) is 13.2 Å². The monoisotopic (exact) mass is 715 g/mol. The summed E-state index contributed by atoms with van der Waals surface area (Å²) in [7, 11) is 0. The van der Waals surface area contributed by atoms with E-state index in [0.717, 1.165) is 26.6 Å². The van der Waals surface area contributed by atoms with Gasteiger partial charge in [-0.1, -0.05) is 45.0 Å². The summed E-state index contributed by atoms with van der Waals surface area (Å²) >= 11 is 1.50. The number of rotatable bonds is 17. The number of benzene rings is 1. The lowest BCUT2D eigenvalue weighted by molar-refractivity contribution is -0.204. The molecule has 13 nitrogen and oxygen atoms in total. The zero-order chi connectivity index (χ0) is 36.2. The number of likely N-dealkylation sites (tertiary alicyclic amines) is 1. The molecule has 2 aromatic rings. The van der Waals surface area contributed by atoms with Crippen LogP contribution >= 0.6 is 11.3 Å². The number of hydrogen-bond acceptors (Lipinski definition) is 11. The number of ether oxygens (including phenoxy) is 4. The highest BCUT2D eigenvalue weighted by Crippen LogP contribution is 2.30. The lowest BCUT2D eigenvalue weighted by atomic mass is 9.85. The average molecular weight is 716 g/mol. The normalized spacial score (nSPS) is 17.1. The Balaban J connectivity index is 1.66. The summed E-state index contributed by atoms with van der Waals surface area (Å²) in [6, 6.07) is 4.92. The maximum absolute atomic E-state index is 13.9. The minimum absolute atomic E-state index is 0.0630. The van der Waals surface area contributed by atoms with Crippen molar-refractivity contribution in [2.45, 2.75) is 65.0 Å². The molecule has 1 aromatic carbocycles. The third kappa shape index (κ3) is 12.3. The van der Waals surface area contributed by atoms with E-state index in [1.54, 1.807) is 26.3 Å². The maximum Gasteiger partial charge on any atom is 0.490 e. The summed E-state index contributed by atoms with van der Waals surface area (Å²) in [4.78, 5) is 58.1. The minimum atomic E-state index is -5.26. The molecule has 0 spiro atoms. The second-order valence-corrected chi connectivity index (χ2v) is 13.2. The highest BCUT2D eigenvalue weighted by molar-refractivity contribution is 7.13. The molecule has 1 aliphatic rings. The molecule has 0 saturated carbocycles. The molecular formula is C32H44F3N5O8S. The first-order valence-electron chi connectivity index (χ1n) is 15.7. The molecule has 0 bridgehead atoms. The molecule has 0 radical (unpaired) electrons. The largest absolute Gasteiger partial charge is 0.490 e. The smallest absolute Gasteiger partial charge is 0.454 e. The number of alkyl halides is 3. The van der Waals surface area contributed by atoms with Crippen LogP contribution < -0.4 is 16.4 Å². The van der Waals surface area contributed by atoms with Gasteiger partial charge in [-0.25, -0.2) is 9.78 Å². The molecule has 49 heavy (non-hydrogen) atoms. The molecule has 3 atom stereocenters. The Morgan fingerprint density at radius 2 is 1.65 bits per heavy atom. The van der Waals surface area contributed by atoms with Crippen molar-refractivity contribution in [1.29, 1.82) is 0 Å². The number of amides is 3. The summed E-state index contributed by atoms with van der Waals surface area (Å²) in [5, 5.41) is 5.36. The molecule has 272 valence electrons. The minimum Gasteiger partial charge on any atom is -0.454 e. The topological polar surface area (TPSA) is 171 Å². The van der Waals surface area contributed by atoms with Gasteiger partial charge in [-0.05, 0) is 23.5 Å². The van der Waals surface area contributed by atoms with Gasteiger partial charge in [-0.3, -0.25) is 14.4 Å². The van der Waals surface area contributed by atoms with Crippen LogP contribution in [0.1, 0.15) is 38.4 Å². The van der Waals surface area contributed by atoms with Crippen molar-refractivity contribution in [1.82, 2.24) is 20.5 Å². The SMILES string of the molecule is Cc1ncsc1-c1ccc(CNC(=O)[C@H]2C[C@H](OC(=O)C(F)(F)F)CN2C(=O)[C@H](NC(=O)COCCOCCOCCN)C(C)(C)C)cc1. The number of esters is 1. The van der Waals surface area contributed by atoms with E-state index in [1.165, 1.54) is 11.3 Å². The van der Waals surface area contributed by atoms with Gasteiger partial charge in [0, 0.05) is 19.5 Å².